The lowest BCUT2D eigenvalue weighted by Crippen LogP contribution is -2.32. The molecule has 0 atom stereocenters. The molecule has 0 fully saturated rings. The Bertz CT molecular complexity index is 1490. The maximum atomic E-state index is 13.1. The molecule has 190 valence electrons. The second kappa shape index (κ2) is 10.8. The Kier molecular flexibility index (Phi) is 7.50. The van der Waals surface area contributed by atoms with Gasteiger partial charge in [0.25, 0.3) is 21.8 Å². The largest absolute Gasteiger partial charge is 0.462 e. The van der Waals surface area contributed by atoms with Crippen molar-refractivity contribution in [3.05, 3.63) is 83.3 Å². The normalized spacial score (nSPS) is 13.6. The van der Waals surface area contributed by atoms with Crippen LogP contribution < -0.4 is 14.9 Å². The highest BCUT2D eigenvalue weighted by atomic mass is 35.5. The first-order valence-electron chi connectivity index (χ1n) is 10.9. The molecule has 0 bridgehead atoms. The van der Waals surface area contributed by atoms with Crippen molar-refractivity contribution in [3.8, 4) is 0 Å². The zero-order chi connectivity index (χ0) is 26.6. The summed E-state index contributed by atoms with van der Waals surface area (Å²) >= 11 is 6.18. The van der Waals surface area contributed by atoms with Crippen LogP contribution in [0.2, 0.25) is 0 Å². The molecular formula is C24H20ClN5O6S. The second-order valence-electron chi connectivity index (χ2n) is 7.65. The molecule has 0 aliphatic carbocycles. The number of nitrogens with one attached hydrogen (secondary N) is 2. The van der Waals surface area contributed by atoms with Gasteiger partial charge in [-0.25, -0.2) is 32.8 Å². The van der Waals surface area contributed by atoms with E-state index in [1.54, 1.807) is 6.07 Å². The molecule has 4 rings (SSSR count). The lowest BCUT2D eigenvalue weighted by molar-refractivity contribution is -0.120. The summed E-state index contributed by atoms with van der Waals surface area (Å²) in [5, 5.41) is 2.41. The molecule has 2 heterocycles. The molecule has 2 N–H and O–H groups in total. The summed E-state index contributed by atoms with van der Waals surface area (Å²) in [6, 6.07) is 12.8. The van der Waals surface area contributed by atoms with Crippen molar-refractivity contribution < 1.29 is 27.5 Å². The highest BCUT2D eigenvalue weighted by molar-refractivity contribution is 7.92. The number of rotatable bonds is 9. The van der Waals surface area contributed by atoms with Gasteiger partial charge in [0.1, 0.15) is 10.7 Å². The molecular weight excluding hydrogens is 522 g/mol. The number of ether oxygens (including phenoxy) is 1. The molecule has 0 radical (unpaired) electrons. The SMILES string of the molecule is CCCOC(=O)c1cccc(N2C(=O)C(Cl)=C(Nc3ccc(S(=O)(=O)Nc4ncccn4)cc3)C2=O)c1. The first kappa shape index (κ1) is 25.8. The van der Waals surface area contributed by atoms with E-state index in [2.05, 4.69) is 20.0 Å². The molecule has 3 aromatic rings. The predicted octanol–water partition coefficient (Wildman–Crippen LogP) is 3.28. The van der Waals surface area contributed by atoms with Crippen LogP contribution in [0.25, 0.3) is 0 Å². The van der Waals surface area contributed by atoms with E-state index in [-0.39, 0.29) is 39.4 Å². The van der Waals surface area contributed by atoms with Crippen LogP contribution in [0.4, 0.5) is 17.3 Å². The van der Waals surface area contributed by atoms with Gasteiger partial charge in [0.15, 0.2) is 0 Å². The van der Waals surface area contributed by atoms with E-state index in [0.29, 0.717) is 12.1 Å². The van der Waals surface area contributed by atoms with Gasteiger partial charge in [0, 0.05) is 18.1 Å². The van der Waals surface area contributed by atoms with Crippen LogP contribution in [0.15, 0.2) is 82.6 Å². The summed E-state index contributed by atoms with van der Waals surface area (Å²) in [6.45, 7) is 2.10. The molecule has 1 aromatic heterocycles. The number of halogens is 1. The summed E-state index contributed by atoms with van der Waals surface area (Å²) in [4.78, 5) is 46.5. The van der Waals surface area contributed by atoms with Crippen molar-refractivity contribution in [2.24, 2.45) is 0 Å². The van der Waals surface area contributed by atoms with Gasteiger partial charge >= 0.3 is 5.97 Å². The minimum absolute atomic E-state index is 0.0761. The van der Waals surface area contributed by atoms with E-state index in [1.165, 1.54) is 60.9 Å². The standard InChI is InChI=1S/C24H20ClN5O6S/c1-2-13-36-23(33)15-5-3-6-17(14-15)30-21(31)19(25)20(22(30)32)28-16-7-9-18(10-8-16)37(34,35)29-24-26-11-4-12-27-24/h3-12,14,28H,2,13H2,1H3,(H,26,27,29). The van der Waals surface area contributed by atoms with E-state index in [0.717, 1.165) is 4.90 Å². The molecule has 0 unspecified atom stereocenters. The smallest absolute Gasteiger partial charge is 0.338 e. The Labute approximate surface area is 217 Å². The third-order valence-corrected chi connectivity index (χ3v) is 6.72. The highest BCUT2D eigenvalue weighted by Crippen LogP contribution is 2.31. The predicted molar refractivity (Wildman–Crippen MR) is 135 cm³/mol. The molecule has 13 heteroatoms. The molecule has 1 aliphatic heterocycles. The number of anilines is 3. The molecule has 0 saturated carbocycles. The fourth-order valence-electron chi connectivity index (χ4n) is 3.29. The number of carbonyl (C=O) groups excluding carboxylic acids is 3. The summed E-state index contributed by atoms with van der Waals surface area (Å²) in [5.74, 6) is -2.18. The van der Waals surface area contributed by atoms with Crippen molar-refractivity contribution in [3.63, 3.8) is 0 Å². The van der Waals surface area contributed by atoms with Crippen LogP contribution in [0.5, 0.6) is 0 Å². The highest BCUT2D eigenvalue weighted by Gasteiger charge is 2.39. The van der Waals surface area contributed by atoms with Crippen LogP contribution in [0.1, 0.15) is 23.7 Å². The molecule has 1 aliphatic rings. The molecule has 2 amide bonds. The van der Waals surface area contributed by atoms with Crippen LogP contribution in [0.3, 0.4) is 0 Å². The minimum Gasteiger partial charge on any atom is -0.462 e. The van der Waals surface area contributed by atoms with Gasteiger partial charge in [-0.3, -0.25) is 9.59 Å². The monoisotopic (exact) mass is 541 g/mol. The van der Waals surface area contributed by atoms with E-state index in [1.807, 2.05) is 6.92 Å². The van der Waals surface area contributed by atoms with E-state index >= 15 is 0 Å². The molecule has 11 nitrogen and oxygen atoms in total. The van der Waals surface area contributed by atoms with Gasteiger partial charge in [-0.1, -0.05) is 24.6 Å². The maximum absolute atomic E-state index is 13.1. The van der Waals surface area contributed by atoms with Crippen LogP contribution in [0, 0.1) is 0 Å². The first-order valence-corrected chi connectivity index (χ1v) is 12.8. The van der Waals surface area contributed by atoms with Crippen LogP contribution in [-0.2, 0) is 24.3 Å². The number of aromatic nitrogens is 2. The van der Waals surface area contributed by atoms with Crippen molar-refractivity contribution in [1.82, 2.24) is 9.97 Å². The van der Waals surface area contributed by atoms with Crippen molar-refractivity contribution in [2.75, 3.05) is 21.5 Å². The first-order chi connectivity index (χ1) is 17.7. The maximum Gasteiger partial charge on any atom is 0.338 e. The number of hydrogen-bond acceptors (Lipinski definition) is 9. The second-order valence-corrected chi connectivity index (χ2v) is 9.71. The molecule has 2 aromatic carbocycles. The number of carbonyl (C=O) groups is 3. The quantitative estimate of drug-likeness (QED) is 0.307. The van der Waals surface area contributed by atoms with Crippen molar-refractivity contribution in [2.45, 2.75) is 18.2 Å². The molecule has 37 heavy (non-hydrogen) atoms. The van der Waals surface area contributed by atoms with Gasteiger partial charge in [0.05, 0.1) is 22.8 Å². The molecule has 0 saturated heterocycles. The lowest BCUT2D eigenvalue weighted by Gasteiger charge is -2.16. The summed E-state index contributed by atoms with van der Waals surface area (Å²) in [6.07, 6.45) is 3.44. The number of benzene rings is 2. The van der Waals surface area contributed by atoms with Crippen molar-refractivity contribution >= 4 is 56.7 Å². The Morgan fingerprint density at radius 2 is 1.73 bits per heavy atom. The van der Waals surface area contributed by atoms with Gasteiger partial charge in [-0.2, -0.15) is 0 Å². The van der Waals surface area contributed by atoms with Gasteiger partial charge in [-0.15, -0.1) is 0 Å². The third-order valence-electron chi connectivity index (χ3n) is 5.03. The fraction of sp³-hybridized carbons (Fsp3) is 0.125. The van der Waals surface area contributed by atoms with E-state index in [9.17, 15) is 22.8 Å². The van der Waals surface area contributed by atoms with Gasteiger partial charge < -0.3 is 10.1 Å². The number of esters is 1. The fourth-order valence-corrected chi connectivity index (χ4v) is 4.46. The Hall–Kier alpha value is -4.29. The number of hydrogen-bond donors (Lipinski definition) is 2. The van der Waals surface area contributed by atoms with Gasteiger partial charge in [-0.05, 0) is 55.0 Å². The van der Waals surface area contributed by atoms with Gasteiger partial charge in [0.2, 0.25) is 5.95 Å². The number of nitrogens with zero attached hydrogens (tertiary/aromatic N) is 3. The summed E-state index contributed by atoms with van der Waals surface area (Å²) in [5.41, 5.74) is 0.432. The third kappa shape index (κ3) is 5.60. The zero-order valence-electron chi connectivity index (χ0n) is 19.3. The number of amides is 2. The minimum atomic E-state index is -3.96. The van der Waals surface area contributed by atoms with E-state index in [4.69, 9.17) is 16.3 Å². The lowest BCUT2D eigenvalue weighted by atomic mass is 10.2. The van der Waals surface area contributed by atoms with Crippen molar-refractivity contribution in [1.29, 1.82) is 0 Å². The summed E-state index contributed by atoms with van der Waals surface area (Å²) in [7, 11) is -3.96. The van der Waals surface area contributed by atoms with E-state index < -0.39 is 27.8 Å². The number of sulfonamides is 1. The zero-order valence-corrected chi connectivity index (χ0v) is 20.9. The average Bonchev–Trinajstić information content (AvgIpc) is 3.11. The molecule has 0 spiro atoms. The topological polar surface area (TPSA) is 148 Å². The Morgan fingerprint density at radius 1 is 1.03 bits per heavy atom. The average molecular weight is 542 g/mol. The van der Waals surface area contributed by atoms with Crippen LogP contribution >= 0.6 is 11.6 Å². The van der Waals surface area contributed by atoms with Crippen LogP contribution in [-0.4, -0.2) is 42.8 Å². The Morgan fingerprint density at radius 3 is 2.41 bits per heavy atom. The Balaban J connectivity index is 1.50. The summed E-state index contributed by atoms with van der Waals surface area (Å²) < 4.78 is 32.5. The number of imide groups is 1.